The predicted molar refractivity (Wildman–Crippen MR) is 71.2 cm³/mol. The Bertz CT molecular complexity index is 386. The zero-order valence-corrected chi connectivity index (χ0v) is 10.8. The zero-order valence-electron chi connectivity index (χ0n) is 10.8. The van der Waals surface area contributed by atoms with E-state index in [0.717, 1.165) is 24.1 Å². The summed E-state index contributed by atoms with van der Waals surface area (Å²) in [5.74, 6) is 0. The van der Waals surface area contributed by atoms with Gasteiger partial charge in [0.25, 0.3) is 0 Å². The number of rotatable bonds is 2. The van der Waals surface area contributed by atoms with Crippen LogP contribution in [-0.4, -0.2) is 46.6 Å². The Labute approximate surface area is 113 Å². The SMILES string of the molecule is c1cc(C2OCCO2)ccc1B1OCCNCCO1. The highest BCUT2D eigenvalue weighted by atomic mass is 16.7. The molecule has 2 aliphatic rings. The first-order chi connectivity index (χ1) is 9.43. The summed E-state index contributed by atoms with van der Waals surface area (Å²) in [5, 5.41) is 3.22. The molecule has 0 amide bonds. The molecule has 0 unspecified atom stereocenters. The Hall–Kier alpha value is -0.915. The van der Waals surface area contributed by atoms with E-state index in [9.17, 15) is 0 Å². The summed E-state index contributed by atoms with van der Waals surface area (Å²) in [4.78, 5) is 0. The lowest BCUT2D eigenvalue weighted by atomic mass is 9.78. The molecule has 0 saturated carbocycles. The number of ether oxygens (including phenoxy) is 2. The monoisotopic (exact) mass is 263 g/mol. The van der Waals surface area contributed by atoms with Crippen LogP contribution in [0, 0.1) is 0 Å². The van der Waals surface area contributed by atoms with Crippen molar-refractivity contribution < 1.29 is 18.8 Å². The van der Waals surface area contributed by atoms with Gasteiger partial charge in [0.2, 0.25) is 0 Å². The number of benzene rings is 1. The van der Waals surface area contributed by atoms with E-state index < -0.39 is 0 Å². The standard InChI is InChI=1S/C13H18BNO4/c1-3-12(14-18-7-5-15-6-8-19-14)4-2-11(1)13-16-9-10-17-13/h1-4,13,15H,5-10H2. The third-order valence-electron chi connectivity index (χ3n) is 3.20. The van der Waals surface area contributed by atoms with Crippen molar-refractivity contribution in [3.8, 4) is 0 Å². The van der Waals surface area contributed by atoms with Gasteiger partial charge in [-0.25, -0.2) is 0 Å². The van der Waals surface area contributed by atoms with Crippen LogP contribution in [0.1, 0.15) is 11.9 Å². The Morgan fingerprint density at radius 3 is 2.16 bits per heavy atom. The third-order valence-corrected chi connectivity index (χ3v) is 3.20. The summed E-state index contributed by atoms with van der Waals surface area (Å²) in [5.41, 5.74) is 2.07. The molecule has 0 atom stereocenters. The van der Waals surface area contributed by atoms with Crippen LogP contribution in [0.3, 0.4) is 0 Å². The lowest BCUT2D eigenvalue weighted by Gasteiger charge is -2.19. The molecular formula is C13H18BNO4. The van der Waals surface area contributed by atoms with Crippen LogP contribution in [0.15, 0.2) is 24.3 Å². The van der Waals surface area contributed by atoms with Gasteiger partial charge in [-0.05, 0) is 5.46 Å². The predicted octanol–water partition coefficient (Wildman–Crippen LogP) is 0.0636. The fourth-order valence-electron chi connectivity index (χ4n) is 2.20. The fraction of sp³-hybridized carbons (Fsp3) is 0.538. The normalized spacial score (nSPS) is 22.2. The molecule has 102 valence electrons. The first-order valence-electron chi connectivity index (χ1n) is 6.70. The minimum Gasteiger partial charge on any atom is -0.406 e. The molecule has 5 nitrogen and oxygen atoms in total. The van der Waals surface area contributed by atoms with Gasteiger partial charge in [0.15, 0.2) is 6.29 Å². The lowest BCUT2D eigenvalue weighted by Crippen LogP contribution is -2.43. The van der Waals surface area contributed by atoms with Crippen molar-refractivity contribution in [1.29, 1.82) is 0 Å². The summed E-state index contributed by atoms with van der Waals surface area (Å²) in [6.07, 6.45) is -0.225. The van der Waals surface area contributed by atoms with E-state index in [4.69, 9.17) is 18.8 Å². The van der Waals surface area contributed by atoms with E-state index in [-0.39, 0.29) is 13.4 Å². The van der Waals surface area contributed by atoms with Gasteiger partial charge in [0.05, 0.1) is 13.2 Å². The van der Waals surface area contributed by atoms with Crippen LogP contribution in [-0.2, 0) is 18.8 Å². The average molecular weight is 263 g/mol. The maximum Gasteiger partial charge on any atom is 0.493 e. The number of hydrogen-bond donors (Lipinski definition) is 1. The zero-order chi connectivity index (χ0) is 12.9. The van der Waals surface area contributed by atoms with E-state index in [1.807, 2.05) is 24.3 Å². The van der Waals surface area contributed by atoms with Crippen LogP contribution in [0.25, 0.3) is 0 Å². The van der Waals surface area contributed by atoms with Gasteiger partial charge >= 0.3 is 7.12 Å². The highest BCUT2D eigenvalue weighted by Crippen LogP contribution is 2.22. The van der Waals surface area contributed by atoms with Gasteiger partial charge in [-0.2, -0.15) is 0 Å². The van der Waals surface area contributed by atoms with Gasteiger partial charge in [-0.3, -0.25) is 0 Å². The molecule has 2 fully saturated rings. The quantitative estimate of drug-likeness (QED) is 0.765. The third kappa shape index (κ3) is 3.35. The second-order valence-corrected chi connectivity index (χ2v) is 4.56. The molecule has 19 heavy (non-hydrogen) atoms. The molecule has 0 aromatic heterocycles. The van der Waals surface area contributed by atoms with Crippen LogP contribution in [0.5, 0.6) is 0 Å². The summed E-state index contributed by atoms with van der Waals surface area (Å²) in [6.45, 7) is 4.36. The Balaban J connectivity index is 1.66. The van der Waals surface area contributed by atoms with Crippen molar-refractivity contribution in [2.24, 2.45) is 0 Å². The molecule has 1 aromatic rings. The van der Waals surface area contributed by atoms with Crippen LogP contribution in [0.4, 0.5) is 0 Å². The van der Waals surface area contributed by atoms with Gasteiger partial charge in [0.1, 0.15) is 0 Å². The number of nitrogens with one attached hydrogen (secondary N) is 1. The molecule has 3 rings (SSSR count). The van der Waals surface area contributed by atoms with Crippen molar-refractivity contribution in [3.05, 3.63) is 29.8 Å². The van der Waals surface area contributed by atoms with Crippen LogP contribution < -0.4 is 10.8 Å². The summed E-state index contributed by atoms with van der Waals surface area (Å²) in [7, 11) is -0.276. The summed E-state index contributed by atoms with van der Waals surface area (Å²) < 4.78 is 22.3. The highest BCUT2D eigenvalue weighted by molar-refractivity contribution is 6.61. The summed E-state index contributed by atoms with van der Waals surface area (Å²) in [6, 6.07) is 8.05. The van der Waals surface area contributed by atoms with E-state index >= 15 is 0 Å². The van der Waals surface area contributed by atoms with E-state index in [1.54, 1.807) is 0 Å². The highest BCUT2D eigenvalue weighted by Gasteiger charge is 2.24. The van der Waals surface area contributed by atoms with Gasteiger partial charge in [-0.15, -0.1) is 0 Å². The molecule has 2 aliphatic heterocycles. The second kappa shape index (κ2) is 6.50. The molecule has 0 spiro atoms. The molecule has 1 aromatic carbocycles. The molecule has 1 N–H and O–H groups in total. The first kappa shape index (κ1) is 13.1. The van der Waals surface area contributed by atoms with Crippen molar-refractivity contribution in [3.63, 3.8) is 0 Å². The molecular weight excluding hydrogens is 245 g/mol. The maximum atomic E-state index is 5.69. The Kier molecular flexibility index (Phi) is 4.47. The minimum atomic E-state index is -0.276. The van der Waals surface area contributed by atoms with E-state index in [0.29, 0.717) is 26.4 Å². The molecule has 2 heterocycles. The molecule has 0 radical (unpaired) electrons. The maximum absolute atomic E-state index is 5.69. The lowest BCUT2D eigenvalue weighted by molar-refractivity contribution is -0.0441. The van der Waals surface area contributed by atoms with Crippen LogP contribution >= 0.6 is 0 Å². The smallest absolute Gasteiger partial charge is 0.406 e. The summed E-state index contributed by atoms with van der Waals surface area (Å²) >= 11 is 0. The number of hydrogen-bond acceptors (Lipinski definition) is 5. The average Bonchev–Trinajstić information content (AvgIpc) is 2.93. The Morgan fingerprint density at radius 2 is 1.53 bits per heavy atom. The van der Waals surface area contributed by atoms with Crippen LogP contribution in [0.2, 0.25) is 0 Å². The minimum absolute atomic E-state index is 0.225. The van der Waals surface area contributed by atoms with Crippen molar-refractivity contribution >= 4 is 12.6 Å². The fourth-order valence-corrected chi connectivity index (χ4v) is 2.20. The van der Waals surface area contributed by atoms with Gasteiger partial charge < -0.3 is 24.1 Å². The van der Waals surface area contributed by atoms with Crippen molar-refractivity contribution in [2.45, 2.75) is 6.29 Å². The second-order valence-electron chi connectivity index (χ2n) is 4.56. The largest absolute Gasteiger partial charge is 0.493 e. The van der Waals surface area contributed by atoms with E-state index in [2.05, 4.69) is 5.32 Å². The Morgan fingerprint density at radius 1 is 0.895 bits per heavy atom. The molecule has 2 saturated heterocycles. The molecule has 6 heteroatoms. The topological polar surface area (TPSA) is 49.0 Å². The van der Waals surface area contributed by atoms with Crippen molar-refractivity contribution in [1.82, 2.24) is 5.32 Å². The molecule has 0 bridgehead atoms. The van der Waals surface area contributed by atoms with E-state index in [1.165, 1.54) is 0 Å². The molecule has 0 aliphatic carbocycles. The van der Waals surface area contributed by atoms with Crippen molar-refractivity contribution in [2.75, 3.05) is 39.5 Å². The van der Waals surface area contributed by atoms with Gasteiger partial charge in [0, 0.05) is 31.9 Å². The first-order valence-corrected chi connectivity index (χ1v) is 6.70. The van der Waals surface area contributed by atoms with Gasteiger partial charge in [-0.1, -0.05) is 24.3 Å².